The molecule has 0 saturated carbocycles. The molecule has 2 unspecified atom stereocenters. The van der Waals surface area contributed by atoms with Crippen molar-refractivity contribution in [3.05, 3.63) is 111 Å². The fourth-order valence-corrected chi connectivity index (χ4v) is 5.51. The van der Waals surface area contributed by atoms with Crippen molar-refractivity contribution in [3.63, 3.8) is 0 Å². The number of anilines is 1. The van der Waals surface area contributed by atoms with Gasteiger partial charge in [0.15, 0.2) is 5.11 Å². The molecule has 1 saturated heterocycles. The normalized spacial score (nSPS) is 17.8. The van der Waals surface area contributed by atoms with E-state index in [1.54, 1.807) is 0 Å². The second-order valence-electron chi connectivity index (χ2n) is 8.90. The SMILES string of the molecule is Cc1ccc(N2C(=S)NC(c3ccccn3)C2c2cc(C)n(-c3ccc(Br)cc3)c2C)cc1C. The largest absolute Gasteiger partial charge is 0.351 e. The van der Waals surface area contributed by atoms with Gasteiger partial charge in [0.25, 0.3) is 0 Å². The predicted octanol–water partition coefficient (Wildman–Crippen LogP) is 7.05. The zero-order valence-electron chi connectivity index (χ0n) is 19.7. The minimum absolute atomic E-state index is 0.0279. The highest BCUT2D eigenvalue weighted by molar-refractivity contribution is 9.10. The number of pyridine rings is 1. The minimum Gasteiger partial charge on any atom is -0.351 e. The van der Waals surface area contributed by atoms with Crippen molar-refractivity contribution < 1.29 is 0 Å². The number of thiocarbonyl (C=S) groups is 1. The summed E-state index contributed by atoms with van der Waals surface area (Å²) < 4.78 is 3.39. The molecule has 6 heteroatoms. The van der Waals surface area contributed by atoms with Crippen LogP contribution in [-0.4, -0.2) is 14.7 Å². The molecule has 0 amide bonds. The smallest absolute Gasteiger partial charge is 0.174 e. The van der Waals surface area contributed by atoms with E-state index in [-0.39, 0.29) is 12.1 Å². The van der Waals surface area contributed by atoms with Crippen molar-refractivity contribution in [1.29, 1.82) is 0 Å². The summed E-state index contributed by atoms with van der Waals surface area (Å²) in [5.74, 6) is 0. The van der Waals surface area contributed by atoms with Gasteiger partial charge in [-0.25, -0.2) is 0 Å². The number of nitrogens with zero attached hydrogens (tertiary/aromatic N) is 3. The van der Waals surface area contributed by atoms with Gasteiger partial charge in [-0.15, -0.1) is 0 Å². The Morgan fingerprint density at radius 2 is 1.62 bits per heavy atom. The molecule has 0 aliphatic carbocycles. The first kappa shape index (κ1) is 22.8. The number of rotatable bonds is 4. The van der Waals surface area contributed by atoms with Crippen molar-refractivity contribution in [3.8, 4) is 5.69 Å². The summed E-state index contributed by atoms with van der Waals surface area (Å²) in [6.45, 7) is 8.64. The molecule has 2 aromatic heterocycles. The van der Waals surface area contributed by atoms with Crippen molar-refractivity contribution >= 4 is 38.9 Å². The van der Waals surface area contributed by atoms with Crippen molar-refractivity contribution in [2.75, 3.05) is 4.90 Å². The molecule has 1 aliphatic rings. The van der Waals surface area contributed by atoms with E-state index in [0.717, 1.165) is 26.7 Å². The predicted molar refractivity (Wildman–Crippen MR) is 147 cm³/mol. The number of benzene rings is 2. The molecule has 5 rings (SSSR count). The number of nitrogens with one attached hydrogen (secondary N) is 1. The van der Waals surface area contributed by atoms with Gasteiger partial charge in [-0.1, -0.05) is 28.1 Å². The van der Waals surface area contributed by atoms with Gasteiger partial charge in [0, 0.05) is 33.4 Å². The fraction of sp³-hybridized carbons (Fsp3) is 0.214. The quantitative estimate of drug-likeness (QED) is 0.286. The molecule has 172 valence electrons. The van der Waals surface area contributed by atoms with E-state index in [9.17, 15) is 0 Å². The minimum atomic E-state index is -0.0609. The second-order valence-corrected chi connectivity index (χ2v) is 10.2. The lowest BCUT2D eigenvalue weighted by atomic mass is 9.96. The average molecular weight is 532 g/mol. The zero-order valence-corrected chi connectivity index (χ0v) is 22.1. The van der Waals surface area contributed by atoms with Crippen LogP contribution in [0.4, 0.5) is 5.69 Å². The highest BCUT2D eigenvalue weighted by Gasteiger charge is 2.42. The van der Waals surface area contributed by atoms with Crippen LogP contribution in [0.5, 0.6) is 0 Å². The highest BCUT2D eigenvalue weighted by Crippen LogP contribution is 2.44. The van der Waals surface area contributed by atoms with Gasteiger partial charge < -0.3 is 14.8 Å². The van der Waals surface area contributed by atoms with Crippen LogP contribution in [0.1, 0.15) is 45.9 Å². The molecule has 1 aliphatic heterocycles. The van der Waals surface area contributed by atoms with Crippen LogP contribution in [0.25, 0.3) is 5.69 Å². The molecule has 0 bridgehead atoms. The van der Waals surface area contributed by atoms with Gasteiger partial charge in [0.1, 0.15) is 0 Å². The molecule has 34 heavy (non-hydrogen) atoms. The lowest BCUT2D eigenvalue weighted by molar-refractivity contribution is 0.565. The summed E-state index contributed by atoms with van der Waals surface area (Å²) in [5.41, 5.74) is 9.37. The van der Waals surface area contributed by atoms with E-state index in [1.165, 1.54) is 28.1 Å². The third-order valence-electron chi connectivity index (χ3n) is 6.74. The molecule has 0 spiro atoms. The highest BCUT2D eigenvalue weighted by atomic mass is 79.9. The third-order valence-corrected chi connectivity index (χ3v) is 7.58. The third kappa shape index (κ3) is 3.95. The molecular formula is C28H27BrN4S. The summed E-state index contributed by atoms with van der Waals surface area (Å²) in [6.07, 6.45) is 1.85. The Morgan fingerprint density at radius 1 is 0.882 bits per heavy atom. The fourth-order valence-electron chi connectivity index (χ4n) is 4.90. The topological polar surface area (TPSA) is 33.1 Å². The van der Waals surface area contributed by atoms with Crippen molar-refractivity contribution in [2.45, 2.75) is 39.8 Å². The molecule has 1 N–H and O–H groups in total. The van der Waals surface area contributed by atoms with E-state index < -0.39 is 0 Å². The first-order chi connectivity index (χ1) is 16.3. The van der Waals surface area contributed by atoms with Gasteiger partial charge >= 0.3 is 0 Å². The van der Waals surface area contributed by atoms with Crippen LogP contribution in [0, 0.1) is 27.7 Å². The number of aromatic nitrogens is 2. The summed E-state index contributed by atoms with van der Waals surface area (Å²) in [6, 6.07) is 23.3. The lowest BCUT2D eigenvalue weighted by Crippen LogP contribution is -2.29. The van der Waals surface area contributed by atoms with Gasteiger partial charge in [-0.3, -0.25) is 4.98 Å². The van der Waals surface area contributed by atoms with Gasteiger partial charge in [0.2, 0.25) is 0 Å². The second kappa shape index (κ2) is 9.01. The molecule has 4 nitrogen and oxygen atoms in total. The lowest BCUT2D eigenvalue weighted by Gasteiger charge is -2.28. The first-order valence-corrected chi connectivity index (χ1v) is 12.6. The van der Waals surface area contributed by atoms with Crippen molar-refractivity contribution in [1.82, 2.24) is 14.9 Å². The Hall–Kier alpha value is -2.96. The molecular weight excluding hydrogens is 504 g/mol. The van der Waals surface area contributed by atoms with Crippen LogP contribution < -0.4 is 10.2 Å². The molecule has 2 aromatic carbocycles. The van der Waals surface area contributed by atoms with E-state index in [0.29, 0.717) is 0 Å². The van der Waals surface area contributed by atoms with E-state index in [4.69, 9.17) is 17.2 Å². The number of halogens is 1. The van der Waals surface area contributed by atoms with Crippen LogP contribution in [0.3, 0.4) is 0 Å². The molecule has 0 radical (unpaired) electrons. The zero-order chi connectivity index (χ0) is 24.0. The average Bonchev–Trinajstić information content (AvgIpc) is 3.32. The molecule has 3 heterocycles. The summed E-state index contributed by atoms with van der Waals surface area (Å²) in [7, 11) is 0. The van der Waals surface area contributed by atoms with E-state index in [2.05, 4.69) is 113 Å². The Labute approximate surface area is 214 Å². The maximum atomic E-state index is 5.92. The van der Waals surface area contributed by atoms with Crippen LogP contribution in [0.2, 0.25) is 0 Å². The van der Waals surface area contributed by atoms with E-state index >= 15 is 0 Å². The Kier molecular flexibility index (Phi) is 6.04. The van der Waals surface area contributed by atoms with Crippen LogP contribution >= 0.6 is 28.1 Å². The van der Waals surface area contributed by atoms with Crippen LogP contribution in [-0.2, 0) is 0 Å². The van der Waals surface area contributed by atoms with Gasteiger partial charge in [0.05, 0.1) is 17.8 Å². The molecule has 4 aromatic rings. The van der Waals surface area contributed by atoms with Crippen molar-refractivity contribution in [2.24, 2.45) is 0 Å². The number of hydrogen-bond acceptors (Lipinski definition) is 2. The summed E-state index contributed by atoms with van der Waals surface area (Å²) in [4.78, 5) is 6.96. The van der Waals surface area contributed by atoms with Gasteiger partial charge in [-0.05, 0) is 111 Å². The first-order valence-electron chi connectivity index (χ1n) is 11.4. The Morgan fingerprint density at radius 3 is 2.29 bits per heavy atom. The van der Waals surface area contributed by atoms with Gasteiger partial charge in [-0.2, -0.15) is 0 Å². The maximum absolute atomic E-state index is 5.92. The Balaban J connectivity index is 1.68. The summed E-state index contributed by atoms with van der Waals surface area (Å²) in [5, 5.41) is 4.30. The number of hydrogen-bond donors (Lipinski definition) is 1. The standard InChI is InChI=1S/C28H27BrN4S/c1-17-8-11-23(15-18(17)2)33-27(26(31-28(33)34)25-7-5-6-14-30-25)24-16-19(3)32(20(24)4)22-12-9-21(29)10-13-22/h5-16,26-27H,1-4H3,(H,31,34). The molecule has 1 fully saturated rings. The monoisotopic (exact) mass is 530 g/mol. The molecule has 2 atom stereocenters. The maximum Gasteiger partial charge on any atom is 0.174 e. The van der Waals surface area contributed by atoms with E-state index in [1.807, 2.05) is 18.3 Å². The Bertz CT molecular complexity index is 1360. The number of aryl methyl sites for hydroxylation is 3. The summed E-state index contributed by atoms with van der Waals surface area (Å²) >= 11 is 9.47. The van der Waals surface area contributed by atoms with Crippen LogP contribution in [0.15, 0.2) is 77.4 Å².